The topological polar surface area (TPSA) is 132 Å². The number of hydrogen-bond acceptors (Lipinski definition) is 9. The smallest absolute Gasteiger partial charge is 0.404 e. The van der Waals surface area contributed by atoms with Gasteiger partial charge >= 0.3 is 7.82 Å². The van der Waals surface area contributed by atoms with Crippen molar-refractivity contribution in [3.63, 3.8) is 0 Å². The van der Waals surface area contributed by atoms with E-state index >= 15 is 4.39 Å². The van der Waals surface area contributed by atoms with Crippen LogP contribution in [0.15, 0.2) is 29.2 Å². The molecule has 2 aliphatic heterocycles. The molecule has 0 aliphatic carbocycles. The fourth-order valence-electron chi connectivity index (χ4n) is 3.14. The minimum absolute atomic E-state index is 0.0321. The summed E-state index contributed by atoms with van der Waals surface area (Å²) in [4.78, 5) is 14.0. The minimum atomic E-state index is -4.33. The number of phosphoric ester groups is 1. The van der Waals surface area contributed by atoms with Gasteiger partial charge in [-0.15, -0.1) is 0 Å². The van der Waals surface area contributed by atoms with Gasteiger partial charge in [-0.2, -0.15) is 0 Å². The van der Waals surface area contributed by atoms with Crippen LogP contribution in [0.4, 0.5) is 8.78 Å². The number of rotatable bonds is 4. The number of nitrogens with zero attached hydrogens (tertiary/aromatic N) is 1. The van der Waals surface area contributed by atoms with Crippen molar-refractivity contribution < 1.29 is 41.9 Å². The van der Waals surface area contributed by atoms with Crippen molar-refractivity contribution >= 4 is 20.0 Å². The number of alkyl halides is 1. The number of phosphoric acid groups is 1. The number of hydrogen-bond donors (Lipinski definition) is 3. The molecule has 1 fully saturated rings. The number of aromatic nitrogens is 2. The van der Waals surface area contributed by atoms with Crippen molar-refractivity contribution in [2.45, 2.75) is 37.8 Å². The Balaban J connectivity index is 1.52. The number of ether oxygens (including phenoxy) is 1. The summed E-state index contributed by atoms with van der Waals surface area (Å²) in [7, 11) is -4.33. The van der Waals surface area contributed by atoms with E-state index in [2.05, 4.69) is 4.98 Å². The Kier molecular flexibility index (Phi) is 5.63. The number of benzene rings is 1. The van der Waals surface area contributed by atoms with Crippen molar-refractivity contribution in [1.82, 2.24) is 9.55 Å². The molecule has 0 bridgehead atoms. The zero-order valence-corrected chi connectivity index (χ0v) is 17.6. The highest BCUT2D eigenvalue weighted by Crippen LogP contribution is 2.55. The van der Waals surface area contributed by atoms with Gasteiger partial charge in [0.2, 0.25) is 0 Å². The average Bonchev–Trinajstić information content (AvgIpc) is 2.94. The second-order valence-corrected chi connectivity index (χ2v) is 9.03. The Labute approximate surface area is 178 Å². The molecule has 1 aromatic carbocycles. The van der Waals surface area contributed by atoms with Gasteiger partial charge in [0.15, 0.2) is 11.0 Å². The first-order valence-electron chi connectivity index (χ1n) is 8.93. The van der Waals surface area contributed by atoms with Gasteiger partial charge in [-0.3, -0.25) is 23.4 Å². The van der Waals surface area contributed by atoms with Gasteiger partial charge in [-0.25, -0.2) is 13.3 Å². The SMILES string of the molecule is Cc1cn([C@@H]2O[C@](F)(COP3(=O)OCc4cc(F)ccc4O3)[C@@H](O)[C@H]2O)c(=S)[nH]c1=O. The fourth-order valence-corrected chi connectivity index (χ4v) is 4.62. The van der Waals surface area contributed by atoms with E-state index in [0.29, 0.717) is 0 Å². The van der Waals surface area contributed by atoms with Crippen LogP contribution in [0.3, 0.4) is 0 Å². The van der Waals surface area contributed by atoms with Crippen LogP contribution in [0.5, 0.6) is 5.75 Å². The molecule has 10 nitrogen and oxygen atoms in total. The van der Waals surface area contributed by atoms with E-state index in [1.54, 1.807) is 0 Å². The highest BCUT2D eigenvalue weighted by atomic mass is 32.1. The van der Waals surface area contributed by atoms with Crippen molar-refractivity contribution in [1.29, 1.82) is 0 Å². The summed E-state index contributed by atoms with van der Waals surface area (Å²) >= 11 is 5.00. The molecule has 1 unspecified atom stereocenters. The van der Waals surface area contributed by atoms with Gasteiger partial charge < -0.3 is 19.5 Å². The van der Waals surface area contributed by atoms with Crippen LogP contribution in [0.25, 0.3) is 0 Å². The maximum Gasteiger partial charge on any atom is 0.530 e. The van der Waals surface area contributed by atoms with Crippen molar-refractivity contribution in [2.75, 3.05) is 6.61 Å². The Bertz CT molecular complexity index is 1190. The summed E-state index contributed by atoms with van der Waals surface area (Å²) in [5, 5.41) is 20.5. The predicted octanol–water partition coefficient (Wildman–Crippen LogP) is 2.00. The highest BCUT2D eigenvalue weighted by Gasteiger charge is 2.57. The summed E-state index contributed by atoms with van der Waals surface area (Å²) in [6.07, 6.45) is -4.20. The standard InChI is InChI=1S/C17H17F2N2O8PS/c1-8-5-21(16(31)20-14(8)24)15-12(22)13(23)17(19,28-15)7-27-30(25)26-6-9-4-10(18)2-3-11(9)29-30/h2-5,12-13,15,22-23H,6-7H2,1H3,(H,20,24,31)/t12-,13+,15-,17-,30?/m1/s1. The molecular weight excluding hydrogens is 461 g/mol. The van der Waals surface area contributed by atoms with Gasteiger partial charge in [0, 0.05) is 17.3 Å². The fraction of sp³-hybridized carbons (Fsp3) is 0.412. The van der Waals surface area contributed by atoms with Crippen LogP contribution in [0.2, 0.25) is 0 Å². The zero-order chi connectivity index (χ0) is 22.6. The number of aromatic amines is 1. The van der Waals surface area contributed by atoms with E-state index in [1.807, 2.05) is 0 Å². The molecule has 3 heterocycles. The largest absolute Gasteiger partial charge is 0.530 e. The molecule has 0 spiro atoms. The third-order valence-electron chi connectivity index (χ3n) is 4.82. The van der Waals surface area contributed by atoms with Gasteiger partial charge in [0.05, 0.1) is 6.61 Å². The van der Waals surface area contributed by atoms with Crippen LogP contribution in [0, 0.1) is 17.5 Å². The first-order chi connectivity index (χ1) is 14.5. The van der Waals surface area contributed by atoms with Crippen LogP contribution >= 0.6 is 20.0 Å². The zero-order valence-electron chi connectivity index (χ0n) is 15.9. The van der Waals surface area contributed by atoms with E-state index < -0.39 is 50.1 Å². The lowest BCUT2D eigenvalue weighted by molar-refractivity contribution is -0.205. The molecule has 1 saturated heterocycles. The van der Waals surface area contributed by atoms with E-state index in [0.717, 1.165) is 16.7 Å². The summed E-state index contributed by atoms with van der Waals surface area (Å²) < 4.78 is 62.4. The van der Waals surface area contributed by atoms with E-state index in [4.69, 9.17) is 30.5 Å². The Morgan fingerprint density at radius 1 is 1.45 bits per heavy atom. The molecule has 3 N–H and O–H groups in total. The third-order valence-corrected chi connectivity index (χ3v) is 6.45. The van der Waals surface area contributed by atoms with E-state index in [-0.39, 0.29) is 28.3 Å². The van der Waals surface area contributed by atoms with Gasteiger partial charge in [-0.1, -0.05) is 0 Å². The maximum absolute atomic E-state index is 15.3. The van der Waals surface area contributed by atoms with Crippen LogP contribution in [0.1, 0.15) is 17.4 Å². The molecule has 0 saturated carbocycles. The first kappa shape index (κ1) is 22.2. The van der Waals surface area contributed by atoms with E-state index in [1.165, 1.54) is 19.2 Å². The number of H-pyrrole nitrogens is 1. The lowest BCUT2D eigenvalue weighted by Crippen LogP contribution is -2.43. The number of aryl methyl sites for hydroxylation is 1. The summed E-state index contributed by atoms with van der Waals surface area (Å²) in [5.74, 6) is -3.54. The Hall–Kier alpha value is -1.99. The normalized spacial score (nSPS) is 32.5. The monoisotopic (exact) mass is 478 g/mol. The number of aliphatic hydroxyl groups excluding tert-OH is 2. The Morgan fingerprint density at radius 3 is 2.94 bits per heavy atom. The first-order valence-corrected chi connectivity index (χ1v) is 10.8. The Morgan fingerprint density at radius 2 is 2.19 bits per heavy atom. The van der Waals surface area contributed by atoms with Crippen molar-refractivity contribution in [2.24, 2.45) is 0 Å². The van der Waals surface area contributed by atoms with Gasteiger partial charge in [0.25, 0.3) is 11.4 Å². The third kappa shape index (κ3) is 4.10. The quantitative estimate of drug-likeness (QED) is 0.446. The number of fused-ring (bicyclic) bond motifs is 1. The summed E-state index contributed by atoms with van der Waals surface area (Å²) in [6, 6.07) is 3.41. The molecule has 14 heteroatoms. The summed E-state index contributed by atoms with van der Waals surface area (Å²) in [5.41, 5.74) is 0.00418. The molecule has 31 heavy (non-hydrogen) atoms. The van der Waals surface area contributed by atoms with E-state index in [9.17, 15) is 24.0 Å². The molecular formula is C17H17F2N2O8PS. The average molecular weight is 478 g/mol. The second-order valence-electron chi connectivity index (χ2n) is 7.05. The van der Waals surface area contributed by atoms with Crippen LogP contribution in [-0.2, 0) is 25.0 Å². The number of aliphatic hydroxyl groups is 2. The van der Waals surface area contributed by atoms with Gasteiger partial charge in [-0.05, 0) is 37.3 Å². The molecule has 2 aromatic rings. The summed E-state index contributed by atoms with van der Waals surface area (Å²) in [6.45, 7) is 0.0100. The number of halogens is 2. The van der Waals surface area contributed by atoms with Crippen LogP contribution < -0.4 is 10.1 Å². The molecule has 0 amide bonds. The molecule has 2 aliphatic rings. The minimum Gasteiger partial charge on any atom is -0.404 e. The lowest BCUT2D eigenvalue weighted by atomic mass is 10.1. The molecule has 4 rings (SSSR count). The second kappa shape index (κ2) is 7.85. The van der Waals surface area contributed by atoms with Gasteiger partial charge in [0.1, 0.15) is 30.4 Å². The molecule has 0 radical (unpaired) electrons. The van der Waals surface area contributed by atoms with Crippen LogP contribution in [-0.4, -0.2) is 44.4 Å². The van der Waals surface area contributed by atoms with Crippen molar-refractivity contribution in [3.8, 4) is 5.75 Å². The molecule has 5 atom stereocenters. The maximum atomic E-state index is 15.3. The lowest BCUT2D eigenvalue weighted by Gasteiger charge is -2.28. The molecule has 168 valence electrons. The number of nitrogens with one attached hydrogen (secondary N) is 1. The molecule has 1 aromatic heterocycles. The highest BCUT2D eigenvalue weighted by molar-refractivity contribution is 7.71. The predicted molar refractivity (Wildman–Crippen MR) is 102 cm³/mol. The van der Waals surface area contributed by atoms with Crippen molar-refractivity contribution in [3.05, 3.63) is 56.5 Å².